The maximum Gasteiger partial charge on any atom is 0.137 e. The molecular weight excluding hydrogens is 905 g/mol. The Balaban J connectivity index is 0.980. The number of para-hydroxylation sites is 3. The first-order valence-electron chi connectivity index (χ1n) is 25.7. The third kappa shape index (κ3) is 8.02. The topological polar surface area (TPSA) is 62.2 Å². The number of rotatable bonds is 7. The summed E-state index contributed by atoms with van der Waals surface area (Å²) < 4.78 is 11.5. The molecule has 1 aliphatic rings. The van der Waals surface area contributed by atoms with E-state index in [1.54, 1.807) is 0 Å². The van der Waals surface area contributed by atoms with Crippen molar-refractivity contribution in [3.05, 3.63) is 210 Å². The molecule has 0 saturated heterocycles. The second-order valence-electron chi connectivity index (χ2n) is 23.0. The number of nitrogens with zero attached hydrogens (tertiary/aromatic N) is 6. The summed E-state index contributed by atoms with van der Waals surface area (Å²) in [5.74, 6) is 2.25. The molecule has 0 atom stereocenters. The van der Waals surface area contributed by atoms with E-state index in [4.69, 9.17) is 9.72 Å². The highest BCUT2D eigenvalue weighted by atomic mass is 16.5. The van der Waals surface area contributed by atoms with Crippen molar-refractivity contribution in [2.75, 3.05) is 16.5 Å². The summed E-state index contributed by atoms with van der Waals surface area (Å²) >= 11 is 0. The Kier molecular flexibility index (Phi) is 10.9. The average molecular weight is 965 g/mol. The van der Waals surface area contributed by atoms with Crippen LogP contribution in [0.1, 0.15) is 84.6 Å². The normalized spacial score (nSPS) is 13.1. The van der Waals surface area contributed by atoms with E-state index in [0.29, 0.717) is 18.0 Å². The van der Waals surface area contributed by atoms with Gasteiger partial charge >= 0.3 is 0 Å². The smallest absolute Gasteiger partial charge is 0.137 e. The number of ether oxygens (including phenoxy) is 1. The van der Waals surface area contributed by atoms with E-state index in [1.807, 2.05) is 36.5 Å². The lowest BCUT2D eigenvalue weighted by Gasteiger charge is -2.30. The second-order valence-corrected chi connectivity index (χ2v) is 23.0. The van der Waals surface area contributed by atoms with Crippen LogP contribution < -0.4 is 14.5 Å². The molecule has 0 spiro atoms. The van der Waals surface area contributed by atoms with E-state index < -0.39 is 0 Å². The van der Waals surface area contributed by atoms with Crippen molar-refractivity contribution in [2.24, 2.45) is 0 Å². The second kappa shape index (κ2) is 17.3. The van der Waals surface area contributed by atoms with E-state index >= 15 is 0 Å². The van der Waals surface area contributed by atoms with Crippen LogP contribution >= 0.6 is 0 Å². The van der Waals surface area contributed by atoms with Gasteiger partial charge in [-0.05, 0) is 136 Å². The largest absolute Gasteiger partial charge is 0.457 e. The van der Waals surface area contributed by atoms with E-state index in [2.05, 4.69) is 239 Å². The molecule has 4 heterocycles. The van der Waals surface area contributed by atoms with Gasteiger partial charge in [0.1, 0.15) is 24.0 Å². The van der Waals surface area contributed by atoms with Crippen molar-refractivity contribution in [3.8, 4) is 40.2 Å². The fraction of sp³-hybridized carbons (Fsp3) is 0.194. The minimum Gasteiger partial charge on any atom is -0.457 e. The van der Waals surface area contributed by atoms with Crippen LogP contribution in [0.15, 0.2) is 188 Å². The van der Waals surface area contributed by atoms with Crippen LogP contribution in [0, 0.1) is 11.3 Å². The Morgan fingerprint density at radius 3 is 1.80 bits per heavy atom. The van der Waals surface area contributed by atoms with Crippen LogP contribution in [0.3, 0.4) is 0 Å². The average Bonchev–Trinajstić information content (AvgIpc) is 4.06. The highest BCUT2D eigenvalue weighted by Crippen LogP contribution is 2.51. The summed E-state index contributed by atoms with van der Waals surface area (Å²) in [5, 5.41) is 14.4. The summed E-state index contributed by atoms with van der Waals surface area (Å²) in [4.78, 5) is 9.84. The summed E-state index contributed by atoms with van der Waals surface area (Å²) in [7, 11) is 0. The van der Waals surface area contributed by atoms with Crippen LogP contribution in [0.25, 0.3) is 66.2 Å². The fourth-order valence-electron chi connectivity index (χ4n) is 10.9. The molecule has 3 aromatic heterocycles. The Labute approximate surface area is 434 Å². The number of fused-ring (bicyclic) bond motifs is 7. The van der Waals surface area contributed by atoms with Crippen LogP contribution in [-0.4, -0.2) is 20.8 Å². The number of aromatic nitrogens is 3. The molecule has 1 aliphatic heterocycles. The quantitative estimate of drug-likeness (QED) is 0.159. The zero-order valence-corrected chi connectivity index (χ0v) is 43.7. The molecule has 0 fully saturated rings. The van der Waals surface area contributed by atoms with E-state index in [0.717, 1.165) is 72.9 Å². The summed E-state index contributed by atoms with van der Waals surface area (Å²) in [6, 6.07) is 67.6. The maximum atomic E-state index is 9.91. The lowest BCUT2D eigenvalue weighted by Crippen LogP contribution is -2.25. The van der Waals surface area contributed by atoms with Gasteiger partial charge in [-0.25, -0.2) is 4.98 Å². The van der Waals surface area contributed by atoms with Crippen molar-refractivity contribution >= 4 is 66.4 Å². The predicted octanol–water partition coefficient (Wildman–Crippen LogP) is 17.7. The van der Waals surface area contributed by atoms with Crippen LogP contribution in [-0.2, 0) is 16.2 Å². The molecule has 364 valence electrons. The summed E-state index contributed by atoms with van der Waals surface area (Å²) in [5.41, 5.74) is 16.4. The van der Waals surface area contributed by atoms with Gasteiger partial charge in [0.2, 0.25) is 0 Å². The van der Waals surface area contributed by atoms with Crippen LogP contribution in [0.4, 0.5) is 22.7 Å². The van der Waals surface area contributed by atoms with Gasteiger partial charge < -0.3 is 19.1 Å². The van der Waals surface area contributed by atoms with Crippen LogP contribution in [0.5, 0.6) is 11.5 Å². The first-order valence-corrected chi connectivity index (χ1v) is 25.7. The number of nitriles is 1. The van der Waals surface area contributed by atoms with Crippen molar-refractivity contribution in [1.29, 1.82) is 5.26 Å². The highest BCUT2D eigenvalue weighted by molar-refractivity contribution is 6.11. The molecule has 8 aromatic carbocycles. The van der Waals surface area contributed by atoms with Gasteiger partial charge in [0.15, 0.2) is 0 Å². The molecule has 7 nitrogen and oxygen atoms in total. The molecule has 74 heavy (non-hydrogen) atoms. The van der Waals surface area contributed by atoms with Gasteiger partial charge in [0.05, 0.1) is 45.1 Å². The van der Waals surface area contributed by atoms with Gasteiger partial charge in [0, 0.05) is 62.5 Å². The molecule has 11 aromatic rings. The number of pyridine rings is 1. The first kappa shape index (κ1) is 46.5. The highest BCUT2D eigenvalue weighted by Gasteiger charge is 2.33. The predicted molar refractivity (Wildman–Crippen MR) is 308 cm³/mol. The Morgan fingerprint density at radius 1 is 0.459 bits per heavy atom. The minimum absolute atomic E-state index is 0.0655. The number of benzene rings is 8. The van der Waals surface area contributed by atoms with Gasteiger partial charge in [-0.15, -0.1) is 0 Å². The van der Waals surface area contributed by atoms with Gasteiger partial charge in [0.25, 0.3) is 0 Å². The van der Waals surface area contributed by atoms with Gasteiger partial charge in [-0.2, -0.15) is 5.26 Å². The molecule has 12 rings (SSSR count). The molecule has 0 unspecified atom stereocenters. The molecule has 7 heteroatoms. The monoisotopic (exact) mass is 964 g/mol. The zero-order valence-electron chi connectivity index (χ0n) is 43.7. The van der Waals surface area contributed by atoms with Gasteiger partial charge in [-0.1, -0.05) is 135 Å². The third-order valence-electron chi connectivity index (χ3n) is 14.9. The van der Waals surface area contributed by atoms with Crippen molar-refractivity contribution in [2.45, 2.75) is 78.6 Å². The third-order valence-corrected chi connectivity index (χ3v) is 14.9. The molecule has 0 saturated carbocycles. The first-order chi connectivity index (χ1) is 35.5. The zero-order chi connectivity index (χ0) is 51.3. The molecule has 0 bridgehead atoms. The SMILES string of the molecule is CC(C)(C)c1cc(N2CN(c3cccc(Oc4ccc5c6cc(C#N)ccc6n(-c6cc(C(C)(C)C)ccn6)c5c4)c3)c3cccc(-c4cccc(-n5c6ccccc6c6ccccc65)c4)c32)cc(C(C)(C)C)c1. The fourth-order valence-corrected chi connectivity index (χ4v) is 10.9. The lowest BCUT2D eigenvalue weighted by atomic mass is 9.80. The van der Waals surface area contributed by atoms with Crippen molar-refractivity contribution in [1.82, 2.24) is 14.1 Å². The molecule has 0 radical (unpaired) electrons. The lowest BCUT2D eigenvalue weighted by molar-refractivity contribution is 0.483. The Bertz CT molecular complexity index is 3990. The molecule has 0 amide bonds. The molecule has 0 aliphatic carbocycles. The van der Waals surface area contributed by atoms with E-state index in [-0.39, 0.29) is 16.2 Å². The van der Waals surface area contributed by atoms with E-state index in [1.165, 1.54) is 38.5 Å². The number of hydrogen-bond donors (Lipinski definition) is 0. The molecule has 0 N–H and O–H groups in total. The number of hydrogen-bond acceptors (Lipinski definition) is 5. The number of anilines is 4. The summed E-state index contributed by atoms with van der Waals surface area (Å²) in [6.07, 6.45) is 1.89. The minimum atomic E-state index is -0.0660. The van der Waals surface area contributed by atoms with Gasteiger partial charge in [-0.3, -0.25) is 4.57 Å². The summed E-state index contributed by atoms with van der Waals surface area (Å²) in [6.45, 7) is 21.1. The molecular formula is C67H60N6O. The van der Waals surface area contributed by atoms with Crippen molar-refractivity contribution < 1.29 is 4.74 Å². The van der Waals surface area contributed by atoms with Crippen LogP contribution in [0.2, 0.25) is 0 Å². The maximum absolute atomic E-state index is 9.91. The van der Waals surface area contributed by atoms with Crippen molar-refractivity contribution in [3.63, 3.8) is 0 Å². The Hall–Kier alpha value is -8.60. The Morgan fingerprint density at radius 2 is 1.09 bits per heavy atom. The van der Waals surface area contributed by atoms with E-state index in [9.17, 15) is 5.26 Å². The standard InChI is InChI=1S/C67H60N6O/c1-65(2,3)45-31-32-69-63(38-45)73-60-30-27-43(41-68)33-57(60)56-29-28-52(40-62(56)73)74-51-20-15-18-48(39-51)70-42-71(50-36-46(66(4,5)6)35-47(37-50)67(7,8)9)64-53(23-16-26-61(64)70)44-17-14-19-49(34-44)72-58-24-12-10-21-54(58)55-22-11-13-25-59(55)72/h10-40H,42H2,1-9H3.